The fraction of sp³-hybridized carbons (Fsp3) is 0.444. The number of aryl methyl sites for hydroxylation is 1. The van der Waals surface area contributed by atoms with Gasteiger partial charge in [-0.3, -0.25) is 9.48 Å². The molecule has 3 rings (SSSR count). The highest BCUT2D eigenvalue weighted by atomic mass is 16.5. The Kier molecular flexibility index (Phi) is 4.74. The van der Waals surface area contributed by atoms with E-state index in [0.717, 1.165) is 29.0 Å². The van der Waals surface area contributed by atoms with Gasteiger partial charge in [0.15, 0.2) is 11.5 Å². The highest BCUT2D eigenvalue weighted by Crippen LogP contribution is 2.36. The Bertz CT molecular complexity index is 726. The van der Waals surface area contributed by atoms with Gasteiger partial charge in [0.1, 0.15) is 6.61 Å². The third-order valence-electron chi connectivity index (χ3n) is 4.40. The van der Waals surface area contributed by atoms with Gasteiger partial charge in [0.05, 0.1) is 19.2 Å². The summed E-state index contributed by atoms with van der Waals surface area (Å²) in [5.41, 5.74) is 2.16. The zero-order valence-electron chi connectivity index (χ0n) is 14.4. The van der Waals surface area contributed by atoms with Gasteiger partial charge in [-0.1, -0.05) is 12.1 Å². The Labute approximate surface area is 142 Å². The molecule has 2 heterocycles. The molecule has 0 bridgehead atoms. The predicted molar refractivity (Wildman–Crippen MR) is 90.2 cm³/mol. The molecule has 1 aromatic heterocycles. The van der Waals surface area contributed by atoms with E-state index in [9.17, 15) is 4.79 Å². The number of fused-ring (bicyclic) bond motifs is 1. The zero-order chi connectivity index (χ0) is 17.1. The van der Waals surface area contributed by atoms with Crippen LogP contribution in [0.2, 0.25) is 0 Å². The summed E-state index contributed by atoms with van der Waals surface area (Å²) in [6, 6.07) is 5.80. The van der Waals surface area contributed by atoms with Crippen LogP contribution in [0, 0.1) is 5.92 Å². The van der Waals surface area contributed by atoms with E-state index >= 15 is 0 Å². The van der Waals surface area contributed by atoms with E-state index in [4.69, 9.17) is 9.47 Å². The molecule has 0 spiro atoms. The predicted octanol–water partition coefficient (Wildman–Crippen LogP) is 1.68. The van der Waals surface area contributed by atoms with E-state index in [-0.39, 0.29) is 11.8 Å². The van der Waals surface area contributed by atoms with E-state index in [1.807, 2.05) is 44.7 Å². The van der Waals surface area contributed by atoms with Crippen LogP contribution < -0.4 is 9.47 Å². The van der Waals surface area contributed by atoms with Gasteiger partial charge in [-0.25, -0.2) is 0 Å². The molecule has 6 heteroatoms. The summed E-state index contributed by atoms with van der Waals surface area (Å²) in [6.07, 6.45) is 5.30. The number of rotatable bonds is 5. The monoisotopic (exact) mass is 329 g/mol. The highest BCUT2D eigenvalue weighted by molar-refractivity contribution is 5.79. The van der Waals surface area contributed by atoms with Crippen molar-refractivity contribution >= 4 is 5.91 Å². The largest absolute Gasteiger partial charge is 0.493 e. The highest BCUT2D eigenvalue weighted by Gasteiger charge is 2.29. The first-order valence-corrected chi connectivity index (χ1v) is 8.09. The van der Waals surface area contributed by atoms with Gasteiger partial charge >= 0.3 is 0 Å². The van der Waals surface area contributed by atoms with Gasteiger partial charge in [-0.15, -0.1) is 0 Å². The molecule has 0 aliphatic carbocycles. The molecule has 0 radical (unpaired) electrons. The molecule has 0 saturated heterocycles. The number of hydrogen-bond donors (Lipinski definition) is 0. The molecule has 0 unspecified atom stereocenters. The summed E-state index contributed by atoms with van der Waals surface area (Å²) >= 11 is 0. The Morgan fingerprint density at radius 1 is 1.50 bits per heavy atom. The van der Waals surface area contributed by atoms with Crippen molar-refractivity contribution in [1.29, 1.82) is 0 Å². The standard InChI is InChI=1S/C18H23N3O3/c1-20(8-7-13-10-19-21(2)11-13)18(22)15-9-14-5-4-6-16(23-3)17(14)24-12-15/h4-6,10-11,15H,7-9,12H2,1-3H3/t15-/m0/s1. The summed E-state index contributed by atoms with van der Waals surface area (Å²) in [4.78, 5) is 14.5. The van der Waals surface area contributed by atoms with Crippen LogP contribution in [-0.4, -0.2) is 47.9 Å². The van der Waals surface area contributed by atoms with Gasteiger partial charge in [0.2, 0.25) is 5.91 Å². The first-order chi connectivity index (χ1) is 11.6. The molecule has 0 N–H and O–H groups in total. The van der Waals surface area contributed by atoms with Crippen molar-refractivity contribution in [3.8, 4) is 11.5 Å². The van der Waals surface area contributed by atoms with Crippen molar-refractivity contribution in [2.24, 2.45) is 13.0 Å². The number of amides is 1. The second-order valence-corrected chi connectivity index (χ2v) is 6.19. The number of ether oxygens (including phenoxy) is 2. The summed E-state index contributed by atoms with van der Waals surface area (Å²) in [7, 11) is 5.37. The Morgan fingerprint density at radius 2 is 2.33 bits per heavy atom. The zero-order valence-corrected chi connectivity index (χ0v) is 14.4. The average molecular weight is 329 g/mol. The molecule has 1 aromatic carbocycles. The maximum atomic E-state index is 12.7. The third-order valence-corrected chi connectivity index (χ3v) is 4.40. The van der Waals surface area contributed by atoms with Crippen LogP contribution in [-0.2, 0) is 24.7 Å². The quantitative estimate of drug-likeness (QED) is 0.837. The van der Waals surface area contributed by atoms with Crippen molar-refractivity contribution in [1.82, 2.24) is 14.7 Å². The van der Waals surface area contributed by atoms with Gasteiger partial charge in [0, 0.05) is 26.8 Å². The van der Waals surface area contributed by atoms with Crippen molar-refractivity contribution in [2.45, 2.75) is 12.8 Å². The summed E-state index contributed by atoms with van der Waals surface area (Å²) in [6.45, 7) is 1.06. The molecule has 1 atom stereocenters. The average Bonchev–Trinajstić information content (AvgIpc) is 3.03. The number of carbonyl (C=O) groups excluding carboxylic acids is 1. The van der Waals surface area contributed by atoms with Gasteiger partial charge < -0.3 is 14.4 Å². The lowest BCUT2D eigenvalue weighted by Gasteiger charge is -2.29. The van der Waals surface area contributed by atoms with Crippen LogP contribution in [0.5, 0.6) is 11.5 Å². The van der Waals surface area contributed by atoms with Crippen LogP contribution in [0.15, 0.2) is 30.6 Å². The Morgan fingerprint density at radius 3 is 3.04 bits per heavy atom. The van der Waals surface area contributed by atoms with Crippen LogP contribution >= 0.6 is 0 Å². The number of nitrogens with zero attached hydrogens (tertiary/aromatic N) is 3. The minimum Gasteiger partial charge on any atom is -0.493 e. The van der Waals surface area contributed by atoms with E-state index in [2.05, 4.69) is 5.10 Å². The number of para-hydroxylation sites is 1. The maximum absolute atomic E-state index is 12.7. The molecule has 0 fully saturated rings. The van der Waals surface area contributed by atoms with Crippen LogP contribution in [0.3, 0.4) is 0 Å². The maximum Gasteiger partial charge on any atom is 0.229 e. The second kappa shape index (κ2) is 6.95. The Balaban J connectivity index is 1.61. The SMILES string of the molecule is COc1cccc2c1OC[C@@H](C(=O)N(C)CCc1cnn(C)c1)C2. The van der Waals surface area contributed by atoms with E-state index < -0.39 is 0 Å². The molecule has 128 valence electrons. The third kappa shape index (κ3) is 3.37. The molecule has 24 heavy (non-hydrogen) atoms. The Hall–Kier alpha value is -2.50. The first-order valence-electron chi connectivity index (χ1n) is 8.09. The van der Waals surface area contributed by atoms with Crippen LogP contribution in [0.25, 0.3) is 0 Å². The van der Waals surface area contributed by atoms with Crippen molar-refractivity contribution in [3.63, 3.8) is 0 Å². The topological polar surface area (TPSA) is 56.6 Å². The minimum absolute atomic E-state index is 0.118. The molecular formula is C18H23N3O3. The summed E-state index contributed by atoms with van der Waals surface area (Å²) < 4.78 is 12.9. The normalized spacial score (nSPS) is 16.2. The lowest BCUT2D eigenvalue weighted by molar-refractivity contribution is -0.135. The fourth-order valence-corrected chi connectivity index (χ4v) is 3.03. The van der Waals surface area contributed by atoms with E-state index in [1.165, 1.54) is 0 Å². The summed E-state index contributed by atoms with van der Waals surface area (Å²) in [5.74, 6) is 1.46. The van der Waals surface area contributed by atoms with Gasteiger partial charge in [-0.2, -0.15) is 5.10 Å². The molecule has 1 aliphatic rings. The smallest absolute Gasteiger partial charge is 0.229 e. The number of likely N-dealkylation sites (N-methyl/N-ethyl adjacent to an activating group) is 1. The summed E-state index contributed by atoms with van der Waals surface area (Å²) in [5, 5.41) is 4.15. The second-order valence-electron chi connectivity index (χ2n) is 6.19. The van der Waals surface area contributed by atoms with Crippen molar-refractivity contribution in [3.05, 3.63) is 41.7 Å². The van der Waals surface area contributed by atoms with Crippen molar-refractivity contribution < 1.29 is 14.3 Å². The minimum atomic E-state index is -0.150. The molecule has 0 saturated carbocycles. The molecule has 6 nitrogen and oxygen atoms in total. The van der Waals surface area contributed by atoms with Crippen molar-refractivity contribution in [2.75, 3.05) is 27.3 Å². The number of methoxy groups -OCH3 is 1. The lowest BCUT2D eigenvalue weighted by atomic mass is 9.95. The number of benzene rings is 1. The van der Waals surface area contributed by atoms with Crippen LogP contribution in [0.1, 0.15) is 11.1 Å². The fourth-order valence-electron chi connectivity index (χ4n) is 3.03. The lowest BCUT2D eigenvalue weighted by Crippen LogP contribution is -2.39. The van der Waals surface area contributed by atoms with Gasteiger partial charge in [-0.05, 0) is 30.0 Å². The number of hydrogen-bond acceptors (Lipinski definition) is 4. The molecule has 1 amide bonds. The number of carbonyl (C=O) groups is 1. The number of aromatic nitrogens is 2. The first kappa shape index (κ1) is 16.4. The van der Waals surface area contributed by atoms with E-state index in [0.29, 0.717) is 19.6 Å². The molecular weight excluding hydrogens is 306 g/mol. The molecule has 2 aromatic rings. The molecule has 1 aliphatic heterocycles. The van der Waals surface area contributed by atoms with Gasteiger partial charge in [0.25, 0.3) is 0 Å². The van der Waals surface area contributed by atoms with Crippen LogP contribution in [0.4, 0.5) is 0 Å². The van der Waals surface area contributed by atoms with E-state index in [1.54, 1.807) is 16.7 Å².